The third-order valence-corrected chi connectivity index (χ3v) is 3.47. The summed E-state index contributed by atoms with van der Waals surface area (Å²) in [5.74, 6) is -0.261. The van der Waals surface area contributed by atoms with Gasteiger partial charge in [-0.3, -0.25) is 4.79 Å². The first kappa shape index (κ1) is 15.9. The van der Waals surface area contributed by atoms with E-state index in [1.165, 1.54) is 30.3 Å². The molecule has 21 heavy (non-hydrogen) atoms. The van der Waals surface area contributed by atoms with Gasteiger partial charge in [0.2, 0.25) is 5.12 Å². The van der Waals surface area contributed by atoms with Crippen LogP contribution in [0.15, 0.2) is 42.5 Å². The highest BCUT2D eigenvalue weighted by atomic mass is 35.7. The van der Waals surface area contributed by atoms with Gasteiger partial charge in [-0.15, -0.1) is 12.6 Å². The zero-order chi connectivity index (χ0) is 15.4. The molecular formula is C14H8ClFO3S2. The van der Waals surface area contributed by atoms with E-state index < -0.39 is 16.2 Å². The Balaban J connectivity index is 2.61. The predicted octanol–water partition coefficient (Wildman–Crippen LogP) is 4.95. The molecule has 7 heteroatoms. The quantitative estimate of drug-likeness (QED) is 0.633. The molecule has 0 unspecified atom stereocenters. The van der Waals surface area contributed by atoms with Crippen LogP contribution in [0.3, 0.4) is 0 Å². The first-order valence-corrected chi connectivity index (χ1v) is 7.74. The van der Waals surface area contributed by atoms with Crippen molar-refractivity contribution in [2.75, 3.05) is 0 Å². The summed E-state index contributed by atoms with van der Waals surface area (Å²) in [5, 5.41) is -1.23. The minimum absolute atomic E-state index is 0.152. The molecule has 0 aliphatic heterocycles. The lowest BCUT2D eigenvalue weighted by Gasteiger charge is -2.12. The Kier molecular flexibility index (Phi) is 5.27. The average molecular weight is 343 g/mol. The van der Waals surface area contributed by atoms with E-state index in [2.05, 4.69) is 12.6 Å². The van der Waals surface area contributed by atoms with Crippen LogP contribution >= 0.6 is 34.3 Å². The highest BCUT2D eigenvalue weighted by Crippen LogP contribution is 2.35. The molecule has 0 aliphatic carbocycles. The van der Waals surface area contributed by atoms with Gasteiger partial charge in [-0.2, -0.15) is 0 Å². The Morgan fingerprint density at radius 3 is 2.38 bits per heavy atom. The van der Waals surface area contributed by atoms with E-state index in [9.17, 15) is 14.0 Å². The molecule has 2 aromatic carbocycles. The van der Waals surface area contributed by atoms with Crippen molar-refractivity contribution in [1.82, 2.24) is 0 Å². The van der Waals surface area contributed by atoms with Crippen molar-refractivity contribution in [1.29, 1.82) is 0 Å². The molecule has 0 bridgehead atoms. The Labute approximate surface area is 134 Å². The fourth-order valence-corrected chi connectivity index (χ4v) is 2.22. The maximum Gasteiger partial charge on any atom is 0.388 e. The molecule has 0 radical (unpaired) electrons. The fourth-order valence-electron chi connectivity index (χ4n) is 1.81. The topological polar surface area (TPSA) is 43.4 Å². The van der Waals surface area contributed by atoms with Crippen LogP contribution in [0.5, 0.6) is 5.75 Å². The third-order valence-electron chi connectivity index (χ3n) is 2.65. The van der Waals surface area contributed by atoms with E-state index in [0.29, 0.717) is 22.1 Å². The van der Waals surface area contributed by atoms with Crippen LogP contribution in [-0.2, 0) is 0 Å². The molecule has 0 saturated carbocycles. The van der Waals surface area contributed by atoms with E-state index in [1.54, 1.807) is 12.1 Å². The lowest BCUT2D eigenvalue weighted by atomic mass is 9.99. The van der Waals surface area contributed by atoms with Gasteiger partial charge in [-0.1, -0.05) is 18.2 Å². The Bertz CT molecular complexity index is 689. The smallest absolute Gasteiger partial charge is 0.388 e. The third kappa shape index (κ3) is 3.78. The van der Waals surface area contributed by atoms with Gasteiger partial charge >= 0.3 is 5.30 Å². The van der Waals surface area contributed by atoms with Gasteiger partial charge in [0.25, 0.3) is 0 Å². The molecule has 0 fully saturated rings. The standard InChI is InChI=1S/C14H8ClFO3S2/c15-21-14(18)19-11-3-1-2-10(13(17)20)12(11)8-4-6-9(16)7-5-8/h1-7H,(H,17,20). The number of carbonyl (C=O) groups excluding carboxylic acids is 2. The molecule has 0 amide bonds. The highest BCUT2D eigenvalue weighted by Gasteiger charge is 2.17. The van der Waals surface area contributed by atoms with Crippen molar-refractivity contribution < 1.29 is 18.7 Å². The number of carbonyl (C=O) groups is 2. The normalized spacial score (nSPS) is 10.2. The van der Waals surface area contributed by atoms with Crippen LogP contribution in [-0.4, -0.2) is 10.4 Å². The number of hydrogen-bond donors (Lipinski definition) is 1. The summed E-state index contributed by atoms with van der Waals surface area (Å²) in [5.41, 5.74) is 1.13. The molecule has 3 nitrogen and oxygen atoms in total. The van der Waals surface area contributed by atoms with Gasteiger partial charge in [0.1, 0.15) is 11.6 Å². The van der Waals surface area contributed by atoms with Gasteiger partial charge in [-0.05, 0) is 40.5 Å². The van der Waals surface area contributed by atoms with Crippen LogP contribution in [0.1, 0.15) is 10.4 Å². The Morgan fingerprint density at radius 2 is 1.81 bits per heavy atom. The average Bonchev–Trinajstić information content (AvgIpc) is 2.48. The zero-order valence-corrected chi connectivity index (χ0v) is 12.8. The SMILES string of the molecule is O=C(Oc1cccc(C(=O)S)c1-c1ccc(F)cc1)SCl. The van der Waals surface area contributed by atoms with E-state index in [1.807, 2.05) is 0 Å². The summed E-state index contributed by atoms with van der Waals surface area (Å²) in [4.78, 5) is 23.0. The van der Waals surface area contributed by atoms with E-state index in [-0.39, 0.29) is 11.3 Å². The molecule has 108 valence electrons. The number of benzene rings is 2. The van der Waals surface area contributed by atoms with Gasteiger partial charge in [-0.25, -0.2) is 9.18 Å². The van der Waals surface area contributed by atoms with E-state index in [0.717, 1.165) is 0 Å². The predicted molar refractivity (Wildman–Crippen MR) is 84.6 cm³/mol. The molecule has 0 atom stereocenters. The maximum atomic E-state index is 13.0. The molecule has 0 aromatic heterocycles. The largest absolute Gasteiger partial charge is 0.417 e. The molecule has 0 heterocycles. The first-order valence-electron chi connectivity index (χ1n) is 5.65. The molecule has 0 saturated heterocycles. The maximum absolute atomic E-state index is 13.0. The van der Waals surface area contributed by atoms with Crippen LogP contribution in [0.4, 0.5) is 9.18 Å². The van der Waals surface area contributed by atoms with Crippen molar-refractivity contribution in [2.24, 2.45) is 0 Å². The van der Waals surface area contributed by atoms with Crippen LogP contribution in [0.25, 0.3) is 11.1 Å². The molecular weight excluding hydrogens is 335 g/mol. The first-order chi connectivity index (χ1) is 10.0. The number of ether oxygens (including phenoxy) is 1. The number of rotatable bonds is 3. The lowest BCUT2D eigenvalue weighted by Crippen LogP contribution is -2.03. The van der Waals surface area contributed by atoms with Crippen LogP contribution in [0, 0.1) is 5.82 Å². The number of thiol groups is 1. The van der Waals surface area contributed by atoms with E-state index >= 15 is 0 Å². The Morgan fingerprint density at radius 1 is 1.14 bits per heavy atom. The van der Waals surface area contributed by atoms with Crippen molar-refractivity contribution >= 4 is 44.7 Å². The minimum atomic E-state index is -0.733. The van der Waals surface area contributed by atoms with Crippen molar-refractivity contribution in [3.8, 4) is 16.9 Å². The van der Waals surface area contributed by atoms with Crippen molar-refractivity contribution in [2.45, 2.75) is 0 Å². The number of halogens is 2. The summed E-state index contributed by atoms with van der Waals surface area (Å²) in [6, 6.07) is 10.1. The number of hydrogen-bond acceptors (Lipinski definition) is 4. The fraction of sp³-hybridized carbons (Fsp3) is 0. The van der Waals surface area contributed by atoms with Crippen LogP contribution in [0.2, 0.25) is 0 Å². The van der Waals surface area contributed by atoms with Gasteiger partial charge < -0.3 is 4.74 Å². The minimum Gasteiger partial charge on any atom is -0.417 e. The van der Waals surface area contributed by atoms with Gasteiger partial charge in [0.05, 0.1) is 11.0 Å². The second kappa shape index (κ2) is 6.98. The van der Waals surface area contributed by atoms with Crippen molar-refractivity contribution in [3.63, 3.8) is 0 Å². The summed E-state index contributed by atoms with van der Waals surface area (Å²) < 4.78 is 18.1. The molecule has 2 aromatic rings. The van der Waals surface area contributed by atoms with Gasteiger partial charge in [0, 0.05) is 11.1 Å². The molecule has 0 N–H and O–H groups in total. The van der Waals surface area contributed by atoms with Crippen LogP contribution < -0.4 is 4.74 Å². The second-order valence-corrected chi connectivity index (χ2v) is 5.28. The molecule has 0 spiro atoms. The lowest BCUT2D eigenvalue weighted by molar-refractivity contribution is 0.109. The molecule has 2 rings (SSSR count). The summed E-state index contributed by atoms with van der Waals surface area (Å²) >= 11 is 3.80. The molecule has 0 aliphatic rings. The zero-order valence-electron chi connectivity index (χ0n) is 10.4. The van der Waals surface area contributed by atoms with Crippen molar-refractivity contribution in [3.05, 3.63) is 53.8 Å². The summed E-state index contributed by atoms with van der Waals surface area (Å²) in [6.45, 7) is 0. The summed E-state index contributed by atoms with van der Waals surface area (Å²) in [7, 11) is 5.72. The van der Waals surface area contributed by atoms with Gasteiger partial charge in [0.15, 0.2) is 0 Å². The second-order valence-electron chi connectivity index (χ2n) is 3.92. The van der Waals surface area contributed by atoms with E-state index in [4.69, 9.17) is 15.4 Å². The summed E-state index contributed by atoms with van der Waals surface area (Å²) in [6.07, 6.45) is 0. The Hall–Kier alpha value is -1.50. The monoisotopic (exact) mass is 342 g/mol. The highest BCUT2D eigenvalue weighted by molar-refractivity contribution is 8.32.